The van der Waals surface area contributed by atoms with E-state index in [-0.39, 0.29) is 5.41 Å². The molecule has 0 saturated heterocycles. The van der Waals surface area contributed by atoms with Crippen LogP contribution in [-0.4, -0.2) is 19.1 Å². The van der Waals surface area contributed by atoms with Crippen molar-refractivity contribution in [1.29, 1.82) is 0 Å². The van der Waals surface area contributed by atoms with E-state index in [1.807, 2.05) is 12.1 Å². The summed E-state index contributed by atoms with van der Waals surface area (Å²) in [6.45, 7) is 4.67. The number of fused-ring (bicyclic) bond motifs is 13. The lowest BCUT2D eigenvalue weighted by atomic mass is 9.82. The summed E-state index contributed by atoms with van der Waals surface area (Å²) in [5, 5.41) is 9.75. The first-order chi connectivity index (χ1) is 29.0. The van der Waals surface area contributed by atoms with E-state index in [0.717, 1.165) is 44.8 Å². The van der Waals surface area contributed by atoms with Crippen molar-refractivity contribution in [3.63, 3.8) is 0 Å². The van der Waals surface area contributed by atoms with Crippen LogP contribution in [0.2, 0.25) is 0 Å². The van der Waals surface area contributed by atoms with Gasteiger partial charge in [-0.25, -0.2) is 9.97 Å². The van der Waals surface area contributed by atoms with Crippen LogP contribution in [0.25, 0.3) is 110 Å². The van der Waals surface area contributed by atoms with Crippen LogP contribution in [0.3, 0.4) is 0 Å². The van der Waals surface area contributed by atoms with Crippen LogP contribution in [0.15, 0.2) is 182 Å². The van der Waals surface area contributed by atoms with Crippen LogP contribution in [0, 0.1) is 0 Å². The maximum Gasteiger partial charge on any atom is 0.165 e. The van der Waals surface area contributed by atoms with Crippen molar-refractivity contribution in [1.82, 2.24) is 19.1 Å². The lowest BCUT2D eigenvalue weighted by Crippen LogP contribution is -2.15. The third kappa shape index (κ3) is 4.49. The van der Waals surface area contributed by atoms with Gasteiger partial charge >= 0.3 is 0 Å². The molecule has 0 N–H and O–H groups in total. The quantitative estimate of drug-likeness (QED) is 0.180. The molecule has 0 saturated carbocycles. The van der Waals surface area contributed by atoms with Gasteiger partial charge in [0.25, 0.3) is 0 Å². The van der Waals surface area contributed by atoms with Crippen molar-refractivity contribution in [3.8, 4) is 33.9 Å². The van der Waals surface area contributed by atoms with Crippen LogP contribution in [0.5, 0.6) is 0 Å². The topological polar surface area (TPSA) is 35.6 Å². The van der Waals surface area contributed by atoms with Gasteiger partial charge in [0.05, 0.1) is 33.1 Å². The Morgan fingerprint density at radius 1 is 0.407 bits per heavy atom. The van der Waals surface area contributed by atoms with Gasteiger partial charge in [-0.1, -0.05) is 141 Å². The molecule has 0 unspecified atom stereocenters. The van der Waals surface area contributed by atoms with Crippen LogP contribution >= 0.6 is 0 Å². The van der Waals surface area contributed by atoms with Crippen LogP contribution < -0.4 is 0 Å². The molecule has 1 aliphatic carbocycles. The lowest BCUT2D eigenvalue weighted by molar-refractivity contribution is 0.660. The Kier molecular flexibility index (Phi) is 6.48. The fourth-order valence-electron chi connectivity index (χ4n) is 10.3. The Hall–Kier alpha value is -7.56. The molecule has 59 heavy (non-hydrogen) atoms. The molecule has 0 fully saturated rings. The smallest absolute Gasteiger partial charge is 0.165 e. The van der Waals surface area contributed by atoms with E-state index >= 15 is 0 Å². The van der Waals surface area contributed by atoms with Crippen molar-refractivity contribution < 1.29 is 0 Å². The minimum absolute atomic E-state index is 0.136. The van der Waals surface area contributed by atoms with Crippen molar-refractivity contribution in [2.24, 2.45) is 0 Å². The molecule has 0 amide bonds. The van der Waals surface area contributed by atoms with Gasteiger partial charge in [-0.15, -0.1) is 0 Å². The minimum Gasteiger partial charge on any atom is -0.309 e. The van der Waals surface area contributed by atoms with E-state index in [9.17, 15) is 0 Å². The van der Waals surface area contributed by atoms with E-state index in [4.69, 9.17) is 9.97 Å². The highest BCUT2D eigenvalue weighted by Gasteiger charge is 2.35. The van der Waals surface area contributed by atoms with Crippen LogP contribution in [0.1, 0.15) is 25.0 Å². The summed E-state index contributed by atoms with van der Waals surface area (Å²) in [7, 11) is 0. The fraction of sp³-hybridized carbons (Fsp3) is 0.0545. The van der Waals surface area contributed by atoms with Gasteiger partial charge in [0.2, 0.25) is 0 Å². The first kappa shape index (κ1) is 32.5. The van der Waals surface area contributed by atoms with E-state index < -0.39 is 0 Å². The number of aromatic nitrogens is 4. The molecule has 12 aromatic rings. The second-order valence-corrected chi connectivity index (χ2v) is 16.6. The molecule has 4 heteroatoms. The molecule has 3 heterocycles. The van der Waals surface area contributed by atoms with Gasteiger partial charge in [0.15, 0.2) is 5.82 Å². The Morgan fingerprint density at radius 2 is 1.07 bits per heavy atom. The standard InChI is InChI=1S/C55H36N4/c1-55(2)45-18-8-5-15-39(45)40-27-25-35(31-46(40)55)52-54(57-48-20-10-9-19-47(48)56-52)59-50-22-12-7-17-42(50)44-30-36-29-37(26-23-34(36)32-51(44)59)58-49-21-11-6-16-41(49)43-28-24-33-13-3-4-14-38(33)53(43)58/h3-32H,1-2H3. The van der Waals surface area contributed by atoms with E-state index in [1.54, 1.807) is 0 Å². The molecule has 276 valence electrons. The van der Waals surface area contributed by atoms with Crippen molar-refractivity contribution in [2.75, 3.05) is 0 Å². The molecule has 0 bridgehead atoms. The number of hydrogen-bond acceptors (Lipinski definition) is 2. The molecule has 0 aliphatic heterocycles. The van der Waals surface area contributed by atoms with Crippen LogP contribution in [0.4, 0.5) is 0 Å². The number of hydrogen-bond donors (Lipinski definition) is 0. The number of rotatable bonds is 3. The second kappa shape index (κ2) is 11.7. The highest BCUT2D eigenvalue weighted by Crippen LogP contribution is 2.50. The highest BCUT2D eigenvalue weighted by atomic mass is 15.1. The van der Waals surface area contributed by atoms with Crippen molar-refractivity contribution >= 4 is 76.2 Å². The largest absolute Gasteiger partial charge is 0.309 e. The molecule has 13 rings (SSSR count). The average Bonchev–Trinajstić information content (AvgIpc) is 3.87. The summed E-state index contributed by atoms with van der Waals surface area (Å²) < 4.78 is 4.80. The molecule has 9 aromatic carbocycles. The summed E-state index contributed by atoms with van der Waals surface area (Å²) in [5.41, 5.74) is 14.6. The fourth-order valence-corrected chi connectivity index (χ4v) is 10.3. The first-order valence-electron chi connectivity index (χ1n) is 20.4. The summed E-state index contributed by atoms with van der Waals surface area (Å²) in [4.78, 5) is 10.9. The molecule has 0 atom stereocenters. The Bertz CT molecular complexity index is 3770. The predicted molar refractivity (Wildman–Crippen MR) is 246 cm³/mol. The average molecular weight is 753 g/mol. The summed E-state index contributed by atoms with van der Waals surface area (Å²) >= 11 is 0. The maximum absolute atomic E-state index is 5.47. The number of benzene rings is 9. The lowest BCUT2D eigenvalue weighted by Gasteiger charge is -2.22. The molecule has 0 spiro atoms. The van der Waals surface area contributed by atoms with E-state index in [2.05, 4.69) is 193 Å². The van der Waals surface area contributed by atoms with Gasteiger partial charge < -0.3 is 4.57 Å². The molecule has 3 aromatic heterocycles. The van der Waals surface area contributed by atoms with Crippen molar-refractivity contribution in [2.45, 2.75) is 19.3 Å². The zero-order valence-corrected chi connectivity index (χ0v) is 32.6. The predicted octanol–water partition coefficient (Wildman–Crippen LogP) is 14.1. The number of para-hydroxylation sites is 4. The third-order valence-corrected chi connectivity index (χ3v) is 13.1. The third-order valence-electron chi connectivity index (χ3n) is 13.1. The van der Waals surface area contributed by atoms with Gasteiger partial charge in [0.1, 0.15) is 5.69 Å². The summed E-state index contributed by atoms with van der Waals surface area (Å²) in [6.07, 6.45) is 0. The van der Waals surface area contributed by atoms with Crippen molar-refractivity contribution in [3.05, 3.63) is 193 Å². The molecule has 4 nitrogen and oxygen atoms in total. The van der Waals surface area contributed by atoms with Gasteiger partial charge in [0, 0.05) is 43.6 Å². The van der Waals surface area contributed by atoms with Crippen LogP contribution in [-0.2, 0) is 5.41 Å². The monoisotopic (exact) mass is 752 g/mol. The molecule has 0 radical (unpaired) electrons. The minimum atomic E-state index is -0.136. The maximum atomic E-state index is 5.47. The Morgan fingerprint density at radius 3 is 1.92 bits per heavy atom. The zero-order valence-electron chi connectivity index (χ0n) is 32.6. The molecular formula is C55H36N4. The zero-order chi connectivity index (χ0) is 39.0. The molecular weight excluding hydrogens is 717 g/mol. The van der Waals surface area contributed by atoms with E-state index in [0.29, 0.717) is 0 Å². The molecule has 1 aliphatic rings. The Labute approximate surface area is 340 Å². The SMILES string of the molecule is CC1(C)c2ccccc2-c2ccc(-c3nc4ccccc4nc3-n3c4ccccc4c4cc5cc(-n6c7ccccc7c7ccc8ccccc8c76)ccc5cc43)cc21. The first-order valence-corrected chi connectivity index (χ1v) is 20.4. The highest BCUT2D eigenvalue weighted by molar-refractivity contribution is 6.19. The van der Waals surface area contributed by atoms with Gasteiger partial charge in [-0.2, -0.15) is 0 Å². The second-order valence-electron chi connectivity index (χ2n) is 16.6. The summed E-state index contributed by atoms with van der Waals surface area (Å²) in [6, 6.07) is 66.3. The normalized spacial score (nSPS) is 13.4. The Balaban J connectivity index is 1.06. The van der Waals surface area contributed by atoms with Gasteiger partial charge in [-0.3, -0.25) is 4.57 Å². The summed E-state index contributed by atoms with van der Waals surface area (Å²) in [5.74, 6) is 0.830. The van der Waals surface area contributed by atoms with Gasteiger partial charge in [-0.05, 0) is 93.0 Å². The number of nitrogens with zero attached hydrogens (tertiary/aromatic N) is 4. The van der Waals surface area contributed by atoms with E-state index in [1.165, 1.54) is 76.4 Å².